The number of benzene rings is 2. The molecule has 156 valence electrons. The molecule has 0 bridgehead atoms. The SMILES string of the molecule is CCCCNC(=O)[C@@H](C)N(Cc1c(Cl)cccc1Cl)C(=O)Cc1ccccc1F. The van der Waals surface area contributed by atoms with Gasteiger partial charge in [0.1, 0.15) is 11.9 Å². The Kier molecular flexibility index (Phi) is 8.93. The zero-order chi connectivity index (χ0) is 21.4. The Morgan fingerprint density at radius 1 is 1.10 bits per heavy atom. The summed E-state index contributed by atoms with van der Waals surface area (Å²) >= 11 is 12.5. The monoisotopic (exact) mass is 438 g/mol. The van der Waals surface area contributed by atoms with E-state index in [4.69, 9.17) is 23.2 Å². The van der Waals surface area contributed by atoms with Crippen molar-refractivity contribution in [3.63, 3.8) is 0 Å². The van der Waals surface area contributed by atoms with E-state index >= 15 is 0 Å². The summed E-state index contributed by atoms with van der Waals surface area (Å²) in [6, 6.07) is 10.4. The van der Waals surface area contributed by atoms with Crippen molar-refractivity contribution in [1.82, 2.24) is 10.2 Å². The van der Waals surface area contributed by atoms with Gasteiger partial charge < -0.3 is 10.2 Å². The van der Waals surface area contributed by atoms with E-state index in [0.717, 1.165) is 12.8 Å². The molecule has 2 aromatic rings. The van der Waals surface area contributed by atoms with Gasteiger partial charge in [0.15, 0.2) is 0 Å². The van der Waals surface area contributed by atoms with Gasteiger partial charge in [-0.25, -0.2) is 4.39 Å². The van der Waals surface area contributed by atoms with E-state index in [0.29, 0.717) is 22.2 Å². The Morgan fingerprint density at radius 2 is 1.76 bits per heavy atom. The first kappa shape index (κ1) is 23.2. The largest absolute Gasteiger partial charge is 0.354 e. The van der Waals surface area contributed by atoms with Gasteiger partial charge in [-0.2, -0.15) is 0 Å². The molecule has 2 aromatic carbocycles. The third-order valence-electron chi connectivity index (χ3n) is 4.69. The molecule has 0 aliphatic rings. The highest BCUT2D eigenvalue weighted by molar-refractivity contribution is 6.36. The summed E-state index contributed by atoms with van der Waals surface area (Å²) in [5.41, 5.74) is 0.817. The molecule has 0 aromatic heterocycles. The predicted octanol–water partition coefficient (Wildman–Crippen LogP) is 5.01. The lowest BCUT2D eigenvalue weighted by Crippen LogP contribution is -2.48. The first-order valence-corrected chi connectivity index (χ1v) is 10.3. The Labute approximate surface area is 181 Å². The van der Waals surface area contributed by atoms with Gasteiger partial charge in [0.25, 0.3) is 0 Å². The van der Waals surface area contributed by atoms with Crippen LogP contribution < -0.4 is 5.32 Å². The average Bonchev–Trinajstić information content (AvgIpc) is 2.69. The van der Waals surface area contributed by atoms with Gasteiger partial charge in [-0.15, -0.1) is 0 Å². The van der Waals surface area contributed by atoms with Crippen LogP contribution in [0.2, 0.25) is 10.0 Å². The van der Waals surface area contributed by atoms with Crippen molar-refractivity contribution in [2.75, 3.05) is 6.54 Å². The molecular weight excluding hydrogens is 414 g/mol. The molecule has 0 saturated heterocycles. The van der Waals surface area contributed by atoms with Crippen LogP contribution in [0.3, 0.4) is 0 Å². The lowest BCUT2D eigenvalue weighted by molar-refractivity contribution is -0.140. The van der Waals surface area contributed by atoms with Gasteiger partial charge in [0.2, 0.25) is 11.8 Å². The molecule has 0 unspecified atom stereocenters. The Hall–Kier alpha value is -2.11. The summed E-state index contributed by atoms with van der Waals surface area (Å²) in [6.07, 6.45) is 1.62. The zero-order valence-corrected chi connectivity index (χ0v) is 18.1. The van der Waals surface area contributed by atoms with E-state index in [2.05, 4.69) is 5.32 Å². The molecule has 0 aliphatic heterocycles. The van der Waals surface area contributed by atoms with Crippen LogP contribution in [-0.4, -0.2) is 29.3 Å². The first-order valence-electron chi connectivity index (χ1n) is 9.58. The molecule has 0 spiro atoms. The van der Waals surface area contributed by atoms with Crippen molar-refractivity contribution in [2.24, 2.45) is 0 Å². The fourth-order valence-electron chi connectivity index (χ4n) is 2.88. The summed E-state index contributed by atoms with van der Waals surface area (Å²) < 4.78 is 14.0. The van der Waals surface area contributed by atoms with E-state index in [-0.39, 0.29) is 30.3 Å². The molecule has 1 atom stereocenters. The standard InChI is InChI=1S/C22H25Cl2FN2O2/c1-3-4-12-26-22(29)15(2)27(14-17-18(23)9-7-10-19(17)24)21(28)13-16-8-5-6-11-20(16)25/h5-11,15H,3-4,12-14H2,1-2H3,(H,26,29)/t15-/m1/s1. The number of amides is 2. The number of unbranched alkanes of at least 4 members (excludes halogenated alkanes) is 1. The number of rotatable bonds is 9. The second-order valence-electron chi connectivity index (χ2n) is 6.81. The zero-order valence-electron chi connectivity index (χ0n) is 16.6. The van der Waals surface area contributed by atoms with Gasteiger partial charge in [-0.1, -0.05) is 60.8 Å². The third kappa shape index (κ3) is 6.44. The van der Waals surface area contributed by atoms with Gasteiger partial charge in [0, 0.05) is 28.7 Å². The number of halogens is 3. The normalized spacial score (nSPS) is 11.8. The van der Waals surface area contributed by atoms with Crippen LogP contribution in [0.25, 0.3) is 0 Å². The van der Waals surface area contributed by atoms with Crippen LogP contribution in [0.5, 0.6) is 0 Å². The van der Waals surface area contributed by atoms with E-state index in [1.807, 2.05) is 6.92 Å². The molecule has 7 heteroatoms. The summed E-state index contributed by atoms with van der Waals surface area (Å²) in [7, 11) is 0. The van der Waals surface area contributed by atoms with Gasteiger partial charge in [-0.05, 0) is 37.1 Å². The van der Waals surface area contributed by atoms with Gasteiger partial charge in [0.05, 0.1) is 6.42 Å². The maximum atomic E-state index is 14.0. The highest BCUT2D eigenvalue weighted by Gasteiger charge is 2.27. The molecule has 1 N–H and O–H groups in total. The van der Waals surface area contributed by atoms with Crippen LogP contribution in [0.1, 0.15) is 37.8 Å². The summed E-state index contributed by atoms with van der Waals surface area (Å²) in [4.78, 5) is 27.0. The number of nitrogens with zero attached hydrogens (tertiary/aromatic N) is 1. The van der Waals surface area contributed by atoms with Gasteiger partial charge in [-0.3, -0.25) is 9.59 Å². The van der Waals surface area contributed by atoms with Crippen LogP contribution in [0.15, 0.2) is 42.5 Å². The summed E-state index contributed by atoms with van der Waals surface area (Å²) in [5, 5.41) is 3.64. The smallest absolute Gasteiger partial charge is 0.242 e. The number of hydrogen-bond acceptors (Lipinski definition) is 2. The number of carbonyl (C=O) groups excluding carboxylic acids is 2. The number of hydrogen-bond donors (Lipinski definition) is 1. The van der Waals surface area contributed by atoms with E-state index in [9.17, 15) is 14.0 Å². The van der Waals surface area contributed by atoms with Crippen molar-refractivity contribution in [3.05, 3.63) is 69.5 Å². The van der Waals surface area contributed by atoms with E-state index in [1.54, 1.807) is 43.3 Å². The maximum absolute atomic E-state index is 14.0. The molecule has 0 radical (unpaired) electrons. The van der Waals surface area contributed by atoms with E-state index < -0.39 is 11.9 Å². The fourth-order valence-corrected chi connectivity index (χ4v) is 3.40. The molecule has 0 fully saturated rings. The minimum Gasteiger partial charge on any atom is -0.354 e. The van der Waals surface area contributed by atoms with Crippen LogP contribution in [0, 0.1) is 5.82 Å². The lowest BCUT2D eigenvalue weighted by atomic mass is 10.1. The van der Waals surface area contributed by atoms with Crippen LogP contribution in [0.4, 0.5) is 4.39 Å². The van der Waals surface area contributed by atoms with Crippen molar-refractivity contribution in [3.8, 4) is 0 Å². The number of carbonyl (C=O) groups is 2. The van der Waals surface area contributed by atoms with Crippen LogP contribution >= 0.6 is 23.2 Å². The third-order valence-corrected chi connectivity index (χ3v) is 5.39. The molecule has 0 saturated carbocycles. The van der Waals surface area contributed by atoms with Crippen LogP contribution in [-0.2, 0) is 22.6 Å². The average molecular weight is 439 g/mol. The Balaban J connectivity index is 2.27. The van der Waals surface area contributed by atoms with Crippen molar-refractivity contribution in [2.45, 2.75) is 45.7 Å². The second kappa shape index (κ2) is 11.2. The van der Waals surface area contributed by atoms with Crippen molar-refractivity contribution < 1.29 is 14.0 Å². The highest BCUT2D eigenvalue weighted by atomic mass is 35.5. The van der Waals surface area contributed by atoms with E-state index in [1.165, 1.54) is 11.0 Å². The molecule has 2 amide bonds. The van der Waals surface area contributed by atoms with Crippen molar-refractivity contribution in [1.29, 1.82) is 0 Å². The highest BCUT2D eigenvalue weighted by Crippen LogP contribution is 2.27. The topological polar surface area (TPSA) is 49.4 Å². The molecule has 29 heavy (non-hydrogen) atoms. The fraction of sp³-hybridized carbons (Fsp3) is 0.364. The number of nitrogens with one attached hydrogen (secondary N) is 1. The lowest BCUT2D eigenvalue weighted by Gasteiger charge is -2.29. The second-order valence-corrected chi connectivity index (χ2v) is 7.62. The summed E-state index contributed by atoms with van der Waals surface area (Å²) in [6.45, 7) is 4.25. The molecule has 0 heterocycles. The molecule has 4 nitrogen and oxygen atoms in total. The first-order chi connectivity index (χ1) is 13.8. The quantitative estimate of drug-likeness (QED) is 0.559. The Morgan fingerprint density at radius 3 is 2.38 bits per heavy atom. The Bertz CT molecular complexity index is 840. The molecule has 2 rings (SSSR count). The maximum Gasteiger partial charge on any atom is 0.242 e. The van der Waals surface area contributed by atoms with Crippen molar-refractivity contribution >= 4 is 35.0 Å². The molecule has 0 aliphatic carbocycles. The minimum absolute atomic E-state index is 0.0498. The molecular formula is C22H25Cl2FN2O2. The minimum atomic E-state index is -0.765. The van der Waals surface area contributed by atoms with Gasteiger partial charge >= 0.3 is 0 Å². The predicted molar refractivity (Wildman–Crippen MR) is 114 cm³/mol. The summed E-state index contributed by atoms with van der Waals surface area (Å²) in [5.74, 6) is -1.12.